The van der Waals surface area contributed by atoms with Gasteiger partial charge in [0.25, 0.3) is 0 Å². The number of carbonyl (C=O) groups excluding carboxylic acids is 1. The molecular weight excluding hydrogens is 448 g/mol. The van der Waals surface area contributed by atoms with Gasteiger partial charge in [0.2, 0.25) is 0 Å². The molecule has 150 valence electrons. The van der Waals surface area contributed by atoms with Gasteiger partial charge in [0.15, 0.2) is 5.78 Å². The second-order valence-corrected chi connectivity index (χ2v) is 7.22. The van der Waals surface area contributed by atoms with Crippen LogP contribution in [0.5, 0.6) is 11.5 Å². The maximum atomic E-state index is 12.1. The molecule has 2 nitrogen and oxygen atoms in total. The number of ketones is 1. The number of halogens is 2. The van der Waals surface area contributed by atoms with E-state index in [1.165, 1.54) is 0 Å². The van der Waals surface area contributed by atoms with Gasteiger partial charge in [0.1, 0.15) is 11.5 Å². The fraction of sp³-hybridized carbons (Fsp3) is 0.348. The molecule has 0 bridgehead atoms. The largest absolute Gasteiger partial charge is 2.00 e. The second kappa shape index (κ2) is 16.3. The topological polar surface area (TPSA) is 26.3 Å². The molecule has 0 aliphatic rings. The summed E-state index contributed by atoms with van der Waals surface area (Å²) in [6.45, 7) is 13.6. The van der Waals surface area contributed by atoms with Gasteiger partial charge in [-0.1, -0.05) is 50.6 Å². The Kier molecular flexibility index (Phi) is 17.2. The molecular formula is C23H29BrClMgO2-. The Morgan fingerprint density at radius 3 is 2.14 bits per heavy atom. The van der Waals surface area contributed by atoms with Crippen molar-refractivity contribution in [3.05, 3.63) is 73.0 Å². The number of hydrogen-bond acceptors (Lipinski definition) is 2. The summed E-state index contributed by atoms with van der Waals surface area (Å²) in [7, 11) is 0. The Balaban J connectivity index is 0. The Morgan fingerprint density at radius 1 is 1.11 bits per heavy atom. The van der Waals surface area contributed by atoms with Crippen molar-refractivity contribution in [2.45, 2.75) is 40.0 Å². The number of benzene rings is 2. The third kappa shape index (κ3) is 12.1. The predicted octanol–water partition coefficient (Wildman–Crippen LogP) is 4.06. The summed E-state index contributed by atoms with van der Waals surface area (Å²) in [5.74, 6) is 2.44. The summed E-state index contributed by atoms with van der Waals surface area (Å²) in [5.41, 5.74) is 0.640. The Labute approximate surface area is 202 Å². The van der Waals surface area contributed by atoms with E-state index in [0.717, 1.165) is 18.6 Å². The Morgan fingerprint density at radius 2 is 1.68 bits per heavy atom. The van der Waals surface area contributed by atoms with Crippen LogP contribution in [0.2, 0.25) is 5.02 Å². The number of para-hydroxylation sites is 1. The Bertz CT molecular complexity index is 676. The van der Waals surface area contributed by atoms with Crippen LogP contribution in [0.25, 0.3) is 0 Å². The minimum Gasteiger partial charge on any atom is -1.00 e. The number of hydrogen-bond donors (Lipinski definition) is 0. The zero-order valence-corrected chi connectivity index (χ0v) is 20.8. The molecule has 1 atom stereocenters. The molecule has 2 aromatic carbocycles. The molecule has 0 fully saturated rings. The number of ether oxygens (including phenoxy) is 1. The van der Waals surface area contributed by atoms with E-state index in [1.807, 2.05) is 37.3 Å². The molecule has 2 aromatic rings. The van der Waals surface area contributed by atoms with E-state index in [9.17, 15) is 4.79 Å². The minimum atomic E-state index is 0. The van der Waals surface area contributed by atoms with E-state index >= 15 is 0 Å². The first-order valence-corrected chi connectivity index (χ1v) is 9.39. The summed E-state index contributed by atoms with van der Waals surface area (Å²) in [5, 5.41) is 0.453. The molecule has 0 radical (unpaired) electrons. The van der Waals surface area contributed by atoms with E-state index in [4.69, 9.17) is 16.3 Å². The average molecular weight is 477 g/mol. The number of carbonyl (C=O) groups is 1. The SMILES string of the molecule is CC(C)CCC(=O)c1ccc(Oc2ccccc2)c(Cl)c1.[Br-].[CH2-]CC([CH2-])C.[Mg+2]. The second-order valence-electron chi connectivity index (χ2n) is 6.81. The van der Waals surface area contributed by atoms with Crippen LogP contribution in [0, 0.1) is 25.7 Å². The smallest absolute Gasteiger partial charge is 1.00 e. The first kappa shape index (κ1) is 29.6. The molecule has 2 rings (SSSR count). The van der Waals surface area contributed by atoms with Gasteiger partial charge < -0.3 is 35.6 Å². The maximum absolute atomic E-state index is 12.1. The van der Waals surface area contributed by atoms with E-state index in [2.05, 4.69) is 27.7 Å². The fourth-order valence-electron chi connectivity index (χ4n) is 1.94. The quantitative estimate of drug-likeness (QED) is 0.342. The van der Waals surface area contributed by atoms with Crippen LogP contribution >= 0.6 is 11.6 Å². The van der Waals surface area contributed by atoms with Crippen molar-refractivity contribution < 1.29 is 26.5 Å². The van der Waals surface area contributed by atoms with Crippen LogP contribution in [-0.4, -0.2) is 28.8 Å². The molecule has 0 saturated heterocycles. The standard InChI is InChI=1S/C18H19ClO2.C5H10.BrH.Mg/c1-13(2)8-10-17(20)14-9-11-18(16(19)12-14)21-15-6-4-3-5-7-15;1-4-5(2)3;;/h3-7,9,11-13H,8,10H2,1-2H3;5H,1-2,4H2,3H3;1H;/q;-2;;+2/p-1. The first-order chi connectivity index (χ1) is 12.3. The molecule has 0 spiro atoms. The summed E-state index contributed by atoms with van der Waals surface area (Å²) in [6, 6.07) is 14.6. The van der Waals surface area contributed by atoms with E-state index in [0.29, 0.717) is 34.6 Å². The van der Waals surface area contributed by atoms with Crippen molar-refractivity contribution in [3.8, 4) is 11.5 Å². The van der Waals surface area contributed by atoms with Crippen molar-refractivity contribution >= 4 is 40.4 Å². The molecule has 0 N–H and O–H groups in total. The predicted molar refractivity (Wildman–Crippen MR) is 117 cm³/mol. The maximum Gasteiger partial charge on any atom is 2.00 e. The van der Waals surface area contributed by atoms with Gasteiger partial charge in [-0.15, -0.1) is 0 Å². The molecule has 1 unspecified atom stereocenters. The van der Waals surface area contributed by atoms with Crippen LogP contribution in [0.15, 0.2) is 48.5 Å². The Hall–Kier alpha value is -0.554. The monoisotopic (exact) mass is 475 g/mol. The molecule has 0 aromatic heterocycles. The summed E-state index contributed by atoms with van der Waals surface area (Å²) < 4.78 is 5.70. The molecule has 0 amide bonds. The van der Waals surface area contributed by atoms with Gasteiger partial charge in [-0.25, -0.2) is 12.3 Å². The zero-order valence-electron chi connectivity index (χ0n) is 17.1. The molecule has 0 aliphatic heterocycles. The van der Waals surface area contributed by atoms with E-state index < -0.39 is 0 Å². The van der Waals surface area contributed by atoms with Crippen molar-refractivity contribution in [2.75, 3.05) is 0 Å². The molecule has 0 saturated carbocycles. The first-order valence-electron chi connectivity index (χ1n) is 9.01. The number of rotatable bonds is 7. The van der Waals surface area contributed by atoms with Crippen molar-refractivity contribution in [1.29, 1.82) is 0 Å². The summed E-state index contributed by atoms with van der Waals surface area (Å²) in [6.07, 6.45) is 2.38. The normalized spacial score (nSPS) is 10.7. The average Bonchev–Trinajstić information content (AvgIpc) is 2.62. The number of Topliss-reactive ketones (excluding diaryl/α,β-unsaturated/α-hetero) is 1. The third-order valence-electron chi connectivity index (χ3n) is 3.67. The van der Waals surface area contributed by atoms with E-state index in [1.54, 1.807) is 18.2 Å². The van der Waals surface area contributed by atoms with Gasteiger partial charge in [-0.2, -0.15) is 0 Å². The fourth-order valence-corrected chi connectivity index (χ4v) is 2.16. The van der Waals surface area contributed by atoms with Crippen LogP contribution in [-0.2, 0) is 0 Å². The van der Waals surface area contributed by atoms with Crippen molar-refractivity contribution in [3.63, 3.8) is 0 Å². The van der Waals surface area contributed by atoms with Gasteiger partial charge in [-0.3, -0.25) is 4.79 Å². The van der Waals surface area contributed by atoms with Crippen molar-refractivity contribution in [1.82, 2.24) is 0 Å². The molecule has 0 aliphatic carbocycles. The van der Waals surface area contributed by atoms with Gasteiger partial charge in [-0.05, 0) is 42.7 Å². The van der Waals surface area contributed by atoms with Gasteiger partial charge in [0.05, 0.1) is 5.02 Å². The molecule has 28 heavy (non-hydrogen) atoms. The van der Waals surface area contributed by atoms with E-state index in [-0.39, 0.29) is 45.8 Å². The molecule has 5 heteroatoms. The van der Waals surface area contributed by atoms with Crippen LogP contribution < -0.4 is 21.7 Å². The van der Waals surface area contributed by atoms with Crippen LogP contribution in [0.3, 0.4) is 0 Å². The summed E-state index contributed by atoms with van der Waals surface area (Å²) >= 11 is 6.21. The summed E-state index contributed by atoms with van der Waals surface area (Å²) in [4.78, 5) is 12.1. The third-order valence-corrected chi connectivity index (χ3v) is 3.96. The van der Waals surface area contributed by atoms with Gasteiger partial charge >= 0.3 is 23.1 Å². The van der Waals surface area contributed by atoms with Gasteiger partial charge in [0, 0.05) is 12.0 Å². The zero-order chi connectivity index (χ0) is 19.5. The minimum absolute atomic E-state index is 0. The van der Waals surface area contributed by atoms with Crippen LogP contribution in [0.1, 0.15) is 50.4 Å². The molecule has 0 heterocycles. The van der Waals surface area contributed by atoms with Crippen LogP contribution in [0.4, 0.5) is 0 Å². The van der Waals surface area contributed by atoms with Crippen molar-refractivity contribution in [2.24, 2.45) is 11.8 Å².